The molecule has 3 rings (SSSR count). The molecule has 0 bridgehead atoms. The fraction of sp³-hybridized carbons (Fsp3) is 0.211. The van der Waals surface area contributed by atoms with E-state index in [2.05, 4.69) is 20.9 Å². The third kappa shape index (κ3) is 5.25. The van der Waals surface area contributed by atoms with E-state index in [0.717, 1.165) is 16.6 Å². The molecule has 0 fully saturated rings. The Morgan fingerprint density at radius 2 is 1.93 bits per heavy atom. The molecule has 0 spiro atoms. The fourth-order valence-electron chi connectivity index (χ4n) is 2.41. The third-order valence-corrected chi connectivity index (χ3v) is 4.65. The van der Waals surface area contributed by atoms with Gasteiger partial charge in [0.25, 0.3) is 5.91 Å². The second-order valence-electron chi connectivity index (χ2n) is 5.75. The Labute approximate surface area is 160 Å². The van der Waals surface area contributed by atoms with Gasteiger partial charge in [0.05, 0.1) is 10.2 Å². The van der Waals surface area contributed by atoms with Crippen LogP contribution in [0, 0.1) is 0 Å². The van der Waals surface area contributed by atoms with Crippen molar-refractivity contribution < 1.29 is 14.3 Å². The van der Waals surface area contributed by atoms with Gasteiger partial charge in [-0.15, -0.1) is 0 Å². The number of hydrogen-bond acceptors (Lipinski definition) is 5. The second kappa shape index (κ2) is 9.11. The topological polar surface area (TPSA) is 92.3 Å². The molecule has 0 atom stereocenters. The van der Waals surface area contributed by atoms with Crippen LogP contribution in [0.4, 0.5) is 15.6 Å². The second-order valence-corrected chi connectivity index (χ2v) is 6.78. The quantitative estimate of drug-likeness (QED) is 0.542. The van der Waals surface area contributed by atoms with Gasteiger partial charge in [0.1, 0.15) is 0 Å². The van der Waals surface area contributed by atoms with Crippen LogP contribution in [0.25, 0.3) is 10.2 Å². The number of nitrogens with one attached hydrogen (secondary N) is 3. The number of fused-ring (bicyclic) bond motifs is 1. The van der Waals surface area contributed by atoms with E-state index in [9.17, 15) is 9.59 Å². The Hall–Kier alpha value is -2.97. The van der Waals surface area contributed by atoms with Crippen LogP contribution in [0.1, 0.15) is 16.8 Å². The summed E-state index contributed by atoms with van der Waals surface area (Å²) >= 11 is 1.35. The normalized spacial score (nSPS) is 10.6. The van der Waals surface area contributed by atoms with Crippen LogP contribution in [0.3, 0.4) is 0 Å². The van der Waals surface area contributed by atoms with Crippen LogP contribution in [0.2, 0.25) is 0 Å². The van der Waals surface area contributed by atoms with Crippen molar-refractivity contribution in [3.8, 4) is 0 Å². The zero-order valence-corrected chi connectivity index (χ0v) is 15.6. The molecule has 3 N–H and O–H groups in total. The number of anilines is 2. The van der Waals surface area contributed by atoms with Crippen molar-refractivity contribution in [3.05, 3.63) is 54.1 Å². The van der Waals surface area contributed by atoms with E-state index in [1.165, 1.54) is 11.3 Å². The molecule has 3 amide bonds. The summed E-state index contributed by atoms with van der Waals surface area (Å²) in [5.41, 5.74) is 2.00. The van der Waals surface area contributed by atoms with Gasteiger partial charge in [-0.25, -0.2) is 9.78 Å². The number of carbonyl (C=O) groups is 2. The SMILES string of the molecule is COCCCNC(=O)Nc1ccc2nc(NC(=O)c3ccccc3)sc2c1. The van der Waals surface area contributed by atoms with Crippen LogP contribution >= 0.6 is 11.3 Å². The summed E-state index contributed by atoms with van der Waals surface area (Å²) in [6.07, 6.45) is 0.752. The molecule has 3 aromatic rings. The van der Waals surface area contributed by atoms with Crippen molar-refractivity contribution in [2.45, 2.75) is 6.42 Å². The van der Waals surface area contributed by atoms with E-state index in [1.54, 1.807) is 25.3 Å². The number of ether oxygens (including phenoxy) is 1. The first-order valence-electron chi connectivity index (χ1n) is 8.46. The molecule has 0 aliphatic rings. The average Bonchev–Trinajstić information content (AvgIpc) is 3.07. The first-order chi connectivity index (χ1) is 13.2. The third-order valence-electron chi connectivity index (χ3n) is 3.71. The first-order valence-corrected chi connectivity index (χ1v) is 9.28. The summed E-state index contributed by atoms with van der Waals surface area (Å²) in [4.78, 5) is 28.5. The molecule has 0 saturated heterocycles. The Morgan fingerprint density at radius 1 is 1.11 bits per heavy atom. The van der Waals surface area contributed by atoms with Gasteiger partial charge in [-0.05, 0) is 36.8 Å². The van der Waals surface area contributed by atoms with E-state index in [1.807, 2.05) is 30.3 Å². The number of hydrogen-bond donors (Lipinski definition) is 3. The standard InChI is InChI=1S/C19H20N4O3S/c1-26-11-5-10-20-18(25)21-14-8-9-15-16(12-14)27-19(22-15)23-17(24)13-6-3-2-4-7-13/h2-4,6-9,12H,5,10-11H2,1H3,(H2,20,21,25)(H,22,23,24). The maximum absolute atomic E-state index is 12.2. The van der Waals surface area contributed by atoms with Crippen molar-refractivity contribution >= 4 is 44.3 Å². The lowest BCUT2D eigenvalue weighted by Crippen LogP contribution is -2.29. The Bertz CT molecular complexity index is 927. The Morgan fingerprint density at radius 3 is 2.70 bits per heavy atom. The molecule has 0 saturated carbocycles. The predicted octanol–water partition coefficient (Wildman–Crippen LogP) is 3.71. The lowest BCUT2D eigenvalue weighted by molar-refractivity contribution is 0.102. The highest BCUT2D eigenvalue weighted by Crippen LogP contribution is 2.28. The van der Waals surface area contributed by atoms with E-state index in [-0.39, 0.29) is 11.9 Å². The fourth-order valence-corrected chi connectivity index (χ4v) is 3.31. The number of nitrogens with zero attached hydrogens (tertiary/aromatic N) is 1. The van der Waals surface area contributed by atoms with Crippen molar-refractivity contribution in [1.29, 1.82) is 0 Å². The van der Waals surface area contributed by atoms with Crippen LogP contribution < -0.4 is 16.0 Å². The minimum Gasteiger partial charge on any atom is -0.385 e. The molecular formula is C19H20N4O3S. The number of benzene rings is 2. The van der Waals surface area contributed by atoms with Gasteiger partial charge in [-0.2, -0.15) is 0 Å². The van der Waals surface area contributed by atoms with Crippen molar-refractivity contribution in [3.63, 3.8) is 0 Å². The van der Waals surface area contributed by atoms with Crippen molar-refractivity contribution in [1.82, 2.24) is 10.3 Å². The predicted molar refractivity (Wildman–Crippen MR) is 108 cm³/mol. The first kappa shape index (κ1) is 18.8. The maximum atomic E-state index is 12.2. The summed E-state index contributed by atoms with van der Waals surface area (Å²) in [6.45, 7) is 1.14. The highest BCUT2D eigenvalue weighted by molar-refractivity contribution is 7.22. The summed E-state index contributed by atoms with van der Waals surface area (Å²) in [7, 11) is 1.63. The van der Waals surface area contributed by atoms with Gasteiger partial charge in [-0.1, -0.05) is 29.5 Å². The molecule has 7 nitrogen and oxygen atoms in total. The van der Waals surface area contributed by atoms with Gasteiger partial charge in [0, 0.05) is 31.5 Å². The Balaban J connectivity index is 1.62. The highest BCUT2D eigenvalue weighted by atomic mass is 32.1. The molecule has 0 unspecified atom stereocenters. The van der Waals surface area contributed by atoms with E-state index >= 15 is 0 Å². The van der Waals surface area contributed by atoms with Gasteiger partial charge in [0.15, 0.2) is 5.13 Å². The number of thiazole rings is 1. The molecule has 27 heavy (non-hydrogen) atoms. The zero-order chi connectivity index (χ0) is 19.1. The minimum atomic E-state index is -0.271. The van der Waals surface area contributed by atoms with Gasteiger partial charge in [-0.3, -0.25) is 10.1 Å². The molecule has 0 aliphatic heterocycles. The summed E-state index contributed by atoms with van der Waals surface area (Å²) in [5, 5.41) is 8.87. The molecule has 1 aromatic heterocycles. The van der Waals surface area contributed by atoms with Gasteiger partial charge >= 0.3 is 6.03 Å². The highest BCUT2D eigenvalue weighted by Gasteiger charge is 2.10. The zero-order valence-electron chi connectivity index (χ0n) is 14.8. The van der Waals surface area contributed by atoms with Crippen LogP contribution in [-0.2, 0) is 4.74 Å². The van der Waals surface area contributed by atoms with Crippen molar-refractivity contribution in [2.24, 2.45) is 0 Å². The lowest BCUT2D eigenvalue weighted by atomic mass is 10.2. The lowest BCUT2D eigenvalue weighted by Gasteiger charge is -2.07. The molecule has 0 radical (unpaired) electrons. The molecule has 1 heterocycles. The number of methoxy groups -OCH3 is 1. The number of urea groups is 1. The Kier molecular flexibility index (Phi) is 6.35. The largest absolute Gasteiger partial charge is 0.385 e. The van der Waals surface area contributed by atoms with E-state index in [0.29, 0.717) is 29.5 Å². The molecular weight excluding hydrogens is 364 g/mol. The molecule has 0 aliphatic carbocycles. The smallest absolute Gasteiger partial charge is 0.319 e. The monoisotopic (exact) mass is 384 g/mol. The summed E-state index contributed by atoms with van der Waals surface area (Å²) in [5.74, 6) is -0.205. The maximum Gasteiger partial charge on any atom is 0.319 e. The van der Waals surface area contributed by atoms with Crippen molar-refractivity contribution in [2.75, 3.05) is 30.9 Å². The van der Waals surface area contributed by atoms with Crippen LogP contribution in [0.5, 0.6) is 0 Å². The van der Waals surface area contributed by atoms with Crippen LogP contribution in [-0.4, -0.2) is 37.2 Å². The van der Waals surface area contributed by atoms with E-state index in [4.69, 9.17) is 4.74 Å². The van der Waals surface area contributed by atoms with Crippen LogP contribution in [0.15, 0.2) is 48.5 Å². The number of amides is 3. The van der Waals surface area contributed by atoms with E-state index < -0.39 is 0 Å². The molecule has 8 heteroatoms. The van der Waals surface area contributed by atoms with Gasteiger partial charge < -0.3 is 15.4 Å². The average molecular weight is 384 g/mol. The van der Waals surface area contributed by atoms with Gasteiger partial charge in [0.2, 0.25) is 0 Å². The molecule has 140 valence electrons. The number of rotatable bonds is 7. The molecule has 2 aromatic carbocycles. The number of carbonyl (C=O) groups excluding carboxylic acids is 2. The minimum absolute atomic E-state index is 0.205. The summed E-state index contributed by atoms with van der Waals surface area (Å²) < 4.78 is 5.81. The summed E-state index contributed by atoms with van der Waals surface area (Å²) in [6, 6.07) is 14.1. The number of aromatic nitrogens is 1.